The summed E-state index contributed by atoms with van der Waals surface area (Å²) in [6.07, 6.45) is 3.73. The SMILES string of the molecule is CN=C(NCC1CCCS1)NCC1CCOc2ccccc21.I. The Bertz CT molecular complexity index is 520. The quantitative estimate of drug-likeness (QED) is 0.423. The normalized spacial score (nSPS) is 23.4. The van der Waals surface area contributed by atoms with Crippen LogP contribution in [-0.4, -0.2) is 43.7 Å². The molecule has 2 N–H and O–H groups in total. The third kappa shape index (κ3) is 5.17. The molecule has 0 bridgehead atoms. The molecule has 3 rings (SSSR count). The van der Waals surface area contributed by atoms with Gasteiger partial charge in [-0.3, -0.25) is 4.99 Å². The maximum Gasteiger partial charge on any atom is 0.191 e. The van der Waals surface area contributed by atoms with Gasteiger partial charge in [-0.25, -0.2) is 0 Å². The monoisotopic (exact) mass is 447 g/mol. The van der Waals surface area contributed by atoms with E-state index in [4.69, 9.17) is 4.74 Å². The van der Waals surface area contributed by atoms with Gasteiger partial charge in [-0.15, -0.1) is 24.0 Å². The number of rotatable bonds is 4. The molecule has 23 heavy (non-hydrogen) atoms. The fraction of sp³-hybridized carbons (Fsp3) is 0.588. The van der Waals surface area contributed by atoms with Gasteiger partial charge in [0.1, 0.15) is 5.75 Å². The van der Waals surface area contributed by atoms with Crippen molar-refractivity contribution in [2.45, 2.75) is 30.4 Å². The first kappa shape index (κ1) is 18.7. The molecule has 1 aromatic carbocycles. The third-order valence-corrected chi connectivity index (χ3v) is 5.74. The molecule has 128 valence electrons. The number of hydrogen-bond acceptors (Lipinski definition) is 3. The van der Waals surface area contributed by atoms with Crippen LogP contribution < -0.4 is 15.4 Å². The molecule has 1 fully saturated rings. The summed E-state index contributed by atoms with van der Waals surface area (Å²) in [7, 11) is 1.84. The number of nitrogens with zero attached hydrogens (tertiary/aromatic N) is 1. The van der Waals surface area contributed by atoms with Crippen LogP contribution in [0.2, 0.25) is 0 Å². The van der Waals surface area contributed by atoms with Crippen molar-refractivity contribution in [1.82, 2.24) is 10.6 Å². The Morgan fingerprint density at radius 2 is 2.09 bits per heavy atom. The second kappa shape index (κ2) is 9.61. The molecule has 0 aliphatic carbocycles. The molecule has 2 aliphatic rings. The fourth-order valence-corrected chi connectivity index (χ4v) is 4.29. The van der Waals surface area contributed by atoms with Gasteiger partial charge in [-0.05, 0) is 36.6 Å². The van der Waals surface area contributed by atoms with Crippen molar-refractivity contribution in [2.24, 2.45) is 4.99 Å². The Labute approximate surface area is 160 Å². The number of ether oxygens (including phenoxy) is 1. The van der Waals surface area contributed by atoms with Crippen molar-refractivity contribution >= 4 is 41.7 Å². The standard InChI is InChI=1S/C17H25N3OS.HI/c1-18-17(20-12-14-5-4-10-22-14)19-11-13-8-9-21-16-7-3-2-6-15(13)16;/h2-3,6-7,13-14H,4-5,8-12H2,1H3,(H2,18,19,20);1H. The highest BCUT2D eigenvalue weighted by Gasteiger charge is 2.21. The lowest BCUT2D eigenvalue weighted by atomic mass is 9.93. The number of halogens is 1. The molecule has 1 saturated heterocycles. The number of fused-ring (bicyclic) bond motifs is 1. The number of nitrogens with one attached hydrogen (secondary N) is 2. The smallest absolute Gasteiger partial charge is 0.191 e. The van der Waals surface area contributed by atoms with Crippen molar-refractivity contribution in [3.05, 3.63) is 29.8 Å². The summed E-state index contributed by atoms with van der Waals surface area (Å²) in [6, 6.07) is 8.36. The van der Waals surface area contributed by atoms with Gasteiger partial charge in [0.05, 0.1) is 6.61 Å². The Morgan fingerprint density at radius 3 is 2.87 bits per heavy atom. The highest BCUT2D eigenvalue weighted by molar-refractivity contribution is 14.0. The van der Waals surface area contributed by atoms with E-state index in [9.17, 15) is 0 Å². The van der Waals surface area contributed by atoms with Crippen LogP contribution in [0.15, 0.2) is 29.3 Å². The topological polar surface area (TPSA) is 45.7 Å². The fourth-order valence-electron chi connectivity index (χ4n) is 3.08. The first-order valence-electron chi connectivity index (χ1n) is 8.14. The van der Waals surface area contributed by atoms with Gasteiger partial charge in [-0.1, -0.05) is 18.2 Å². The summed E-state index contributed by atoms with van der Waals surface area (Å²) < 4.78 is 5.73. The van der Waals surface area contributed by atoms with Crippen molar-refractivity contribution in [1.29, 1.82) is 0 Å². The summed E-state index contributed by atoms with van der Waals surface area (Å²) in [5.74, 6) is 3.74. The summed E-state index contributed by atoms with van der Waals surface area (Å²) in [6.45, 7) is 2.71. The molecule has 4 nitrogen and oxygen atoms in total. The number of thioether (sulfide) groups is 1. The van der Waals surface area contributed by atoms with Gasteiger partial charge in [-0.2, -0.15) is 11.8 Å². The second-order valence-corrected chi connectivity index (χ2v) is 7.25. The van der Waals surface area contributed by atoms with Crippen LogP contribution >= 0.6 is 35.7 Å². The van der Waals surface area contributed by atoms with E-state index in [-0.39, 0.29) is 24.0 Å². The summed E-state index contributed by atoms with van der Waals surface area (Å²) in [5.41, 5.74) is 1.31. The van der Waals surface area contributed by atoms with E-state index in [1.165, 1.54) is 24.2 Å². The van der Waals surface area contributed by atoms with Gasteiger partial charge in [0.25, 0.3) is 0 Å². The van der Waals surface area contributed by atoms with E-state index in [1.807, 2.05) is 13.1 Å². The summed E-state index contributed by atoms with van der Waals surface area (Å²) >= 11 is 2.07. The molecule has 0 spiro atoms. The molecule has 0 saturated carbocycles. The van der Waals surface area contributed by atoms with Crippen LogP contribution in [0.1, 0.15) is 30.7 Å². The molecular weight excluding hydrogens is 421 g/mol. The van der Waals surface area contributed by atoms with Gasteiger partial charge in [0.2, 0.25) is 0 Å². The largest absolute Gasteiger partial charge is 0.493 e. The van der Waals surface area contributed by atoms with E-state index >= 15 is 0 Å². The van der Waals surface area contributed by atoms with Crippen molar-refractivity contribution in [2.75, 3.05) is 32.5 Å². The predicted molar refractivity (Wildman–Crippen MR) is 110 cm³/mol. The molecule has 0 amide bonds. The maximum atomic E-state index is 5.73. The number of benzene rings is 1. The van der Waals surface area contributed by atoms with Crippen LogP contribution in [0.25, 0.3) is 0 Å². The number of para-hydroxylation sites is 1. The maximum absolute atomic E-state index is 5.73. The second-order valence-electron chi connectivity index (χ2n) is 5.84. The Morgan fingerprint density at radius 1 is 1.26 bits per heavy atom. The van der Waals surface area contributed by atoms with E-state index < -0.39 is 0 Å². The minimum atomic E-state index is 0. The Hall–Kier alpha value is -0.630. The molecule has 2 atom stereocenters. The van der Waals surface area contributed by atoms with Crippen LogP contribution in [0, 0.1) is 0 Å². The zero-order valence-electron chi connectivity index (χ0n) is 13.6. The Balaban J connectivity index is 0.00000192. The molecule has 2 heterocycles. The van der Waals surface area contributed by atoms with Crippen LogP contribution in [0.4, 0.5) is 0 Å². The lowest BCUT2D eigenvalue weighted by Crippen LogP contribution is -2.42. The first-order valence-corrected chi connectivity index (χ1v) is 9.19. The third-order valence-electron chi connectivity index (χ3n) is 4.34. The van der Waals surface area contributed by atoms with Crippen LogP contribution in [0.3, 0.4) is 0 Å². The molecule has 2 unspecified atom stereocenters. The van der Waals surface area contributed by atoms with Crippen LogP contribution in [-0.2, 0) is 0 Å². The minimum Gasteiger partial charge on any atom is -0.493 e. The zero-order chi connectivity index (χ0) is 15.2. The number of guanidine groups is 1. The van der Waals surface area contributed by atoms with Crippen LogP contribution in [0.5, 0.6) is 5.75 Å². The predicted octanol–water partition coefficient (Wildman–Crippen LogP) is 3.23. The highest BCUT2D eigenvalue weighted by Crippen LogP contribution is 2.32. The average molecular weight is 447 g/mol. The lowest BCUT2D eigenvalue weighted by molar-refractivity contribution is 0.267. The van der Waals surface area contributed by atoms with Crippen molar-refractivity contribution < 1.29 is 4.74 Å². The number of aliphatic imine (C=N–C) groups is 1. The molecular formula is C17H26IN3OS. The highest BCUT2D eigenvalue weighted by atomic mass is 127. The summed E-state index contributed by atoms with van der Waals surface area (Å²) in [5, 5.41) is 7.68. The van der Waals surface area contributed by atoms with Gasteiger partial charge in [0.15, 0.2) is 5.96 Å². The van der Waals surface area contributed by atoms with Gasteiger partial charge in [0, 0.05) is 31.3 Å². The zero-order valence-corrected chi connectivity index (χ0v) is 16.7. The van der Waals surface area contributed by atoms with Gasteiger partial charge >= 0.3 is 0 Å². The lowest BCUT2D eigenvalue weighted by Gasteiger charge is -2.26. The van der Waals surface area contributed by atoms with E-state index in [1.54, 1.807) is 0 Å². The van der Waals surface area contributed by atoms with Gasteiger partial charge < -0.3 is 15.4 Å². The van der Waals surface area contributed by atoms with Crippen molar-refractivity contribution in [3.8, 4) is 5.75 Å². The van der Waals surface area contributed by atoms with E-state index in [2.05, 4.69) is 45.6 Å². The molecule has 2 aliphatic heterocycles. The molecule has 6 heteroatoms. The van der Waals surface area contributed by atoms with E-state index in [0.29, 0.717) is 5.92 Å². The number of hydrogen-bond donors (Lipinski definition) is 2. The molecule has 0 radical (unpaired) electrons. The Kier molecular flexibility index (Phi) is 7.82. The summed E-state index contributed by atoms with van der Waals surface area (Å²) in [4.78, 5) is 4.34. The first-order chi connectivity index (χ1) is 10.9. The van der Waals surface area contributed by atoms with E-state index in [0.717, 1.165) is 43.1 Å². The molecule has 1 aromatic rings. The average Bonchev–Trinajstić information content (AvgIpc) is 3.08. The minimum absolute atomic E-state index is 0. The molecule has 0 aromatic heterocycles. The van der Waals surface area contributed by atoms with Crippen molar-refractivity contribution in [3.63, 3.8) is 0 Å².